The maximum atomic E-state index is 11.7. The van der Waals surface area contributed by atoms with E-state index in [0.717, 1.165) is 0 Å². The Morgan fingerprint density at radius 2 is 1.77 bits per heavy atom. The number of benzene rings is 1. The summed E-state index contributed by atoms with van der Waals surface area (Å²) in [6.45, 7) is 1.57. The van der Waals surface area contributed by atoms with E-state index < -0.39 is 17.9 Å². The van der Waals surface area contributed by atoms with Gasteiger partial charge in [-0.15, -0.1) is 11.6 Å². The summed E-state index contributed by atoms with van der Waals surface area (Å²) in [6, 6.07) is 6.57. The minimum atomic E-state index is -1.24. The molecule has 0 radical (unpaired) electrons. The summed E-state index contributed by atoms with van der Waals surface area (Å²) in [4.78, 5) is 23.3. The fraction of sp³-hybridized carbons (Fsp3) is 0.200. The van der Waals surface area contributed by atoms with Crippen LogP contribution in [0.3, 0.4) is 0 Å². The van der Waals surface area contributed by atoms with Gasteiger partial charge in [-0.3, -0.25) is 0 Å². The number of allylic oxidation sites excluding steroid dienone is 2. The summed E-state index contributed by atoms with van der Waals surface area (Å²) in [5.41, 5.74) is 0.868. The molecule has 1 heterocycles. The molecule has 5 nitrogen and oxygen atoms in total. The van der Waals surface area contributed by atoms with Crippen LogP contribution in [0.4, 0.5) is 0 Å². The maximum Gasteiger partial charge on any atom is 0.334 e. The highest BCUT2D eigenvalue weighted by Gasteiger charge is 2.38. The number of carboxylic acids is 2. The molecule has 22 heavy (non-hydrogen) atoms. The third-order valence-electron chi connectivity index (χ3n) is 3.46. The van der Waals surface area contributed by atoms with Crippen LogP contribution in [0.2, 0.25) is 5.02 Å². The number of dihydropyridines is 1. The molecule has 0 bridgehead atoms. The molecule has 2 rings (SSSR count). The van der Waals surface area contributed by atoms with Crippen molar-refractivity contribution in [3.8, 4) is 0 Å². The van der Waals surface area contributed by atoms with Gasteiger partial charge < -0.3 is 15.5 Å². The third kappa shape index (κ3) is 2.82. The Balaban J connectivity index is 2.76. The number of aliphatic carboxylic acids is 2. The molecule has 1 aliphatic heterocycles. The number of hydrogen-bond acceptors (Lipinski definition) is 3. The van der Waals surface area contributed by atoms with Crippen LogP contribution in [-0.2, 0) is 9.59 Å². The topological polar surface area (TPSA) is 86.6 Å². The number of rotatable bonds is 4. The lowest BCUT2D eigenvalue weighted by Crippen LogP contribution is -2.32. The number of carbonyl (C=O) groups is 2. The molecule has 0 amide bonds. The van der Waals surface area contributed by atoms with E-state index in [1.165, 1.54) is 0 Å². The zero-order chi connectivity index (χ0) is 16.4. The van der Waals surface area contributed by atoms with Crippen LogP contribution in [-0.4, -0.2) is 28.0 Å². The largest absolute Gasteiger partial charge is 0.478 e. The monoisotopic (exact) mass is 341 g/mol. The van der Waals surface area contributed by atoms with E-state index in [2.05, 4.69) is 5.32 Å². The lowest BCUT2D eigenvalue weighted by atomic mass is 9.80. The first-order valence-electron chi connectivity index (χ1n) is 6.36. The zero-order valence-electron chi connectivity index (χ0n) is 11.6. The van der Waals surface area contributed by atoms with Crippen molar-refractivity contribution < 1.29 is 19.8 Å². The molecule has 0 fully saturated rings. The van der Waals surface area contributed by atoms with Crippen LogP contribution < -0.4 is 5.32 Å². The number of hydrogen-bond donors (Lipinski definition) is 3. The van der Waals surface area contributed by atoms with Crippen molar-refractivity contribution in [3.05, 3.63) is 57.4 Å². The predicted octanol–water partition coefficient (Wildman–Crippen LogP) is 2.96. The molecule has 0 saturated heterocycles. The zero-order valence-corrected chi connectivity index (χ0v) is 13.1. The van der Waals surface area contributed by atoms with Crippen molar-refractivity contribution in [3.63, 3.8) is 0 Å². The van der Waals surface area contributed by atoms with Crippen LogP contribution in [0.5, 0.6) is 0 Å². The molecule has 1 aromatic carbocycles. The van der Waals surface area contributed by atoms with E-state index >= 15 is 0 Å². The molecule has 1 unspecified atom stereocenters. The first-order valence-corrected chi connectivity index (χ1v) is 7.27. The summed E-state index contributed by atoms with van der Waals surface area (Å²) < 4.78 is 0. The lowest BCUT2D eigenvalue weighted by Gasteiger charge is -2.29. The molecular weight excluding hydrogens is 329 g/mol. The molecule has 3 N–H and O–H groups in total. The molecule has 0 aromatic heterocycles. The summed E-state index contributed by atoms with van der Waals surface area (Å²) in [7, 11) is 0. The van der Waals surface area contributed by atoms with Crippen LogP contribution in [0, 0.1) is 0 Å². The van der Waals surface area contributed by atoms with Crippen LogP contribution >= 0.6 is 23.2 Å². The van der Waals surface area contributed by atoms with Crippen molar-refractivity contribution in [1.82, 2.24) is 5.32 Å². The SMILES string of the molecule is CC1=C(C(=O)O)C(c2ccccc2Cl)C(C(=O)O)=C(CCl)N1. The standard InChI is InChI=1S/C15H13Cl2NO4/c1-7-11(14(19)20)12(8-4-2-3-5-9(8)17)13(15(21)22)10(6-16)18-7/h2-5,12,18H,6H2,1H3,(H,19,20)(H,21,22). The molecule has 0 saturated carbocycles. The molecule has 7 heteroatoms. The number of halogens is 2. The normalized spacial score (nSPS) is 18.2. The van der Waals surface area contributed by atoms with Gasteiger partial charge in [-0.2, -0.15) is 0 Å². The smallest absolute Gasteiger partial charge is 0.334 e. The Morgan fingerprint density at radius 1 is 1.18 bits per heavy atom. The molecule has 0 aliphatic carbocycles. The quantitative estimate of drug-likeness (QED) is 0.733. The van der Waals surface area contributed by atoms with E-state index in [1.807, 2.05) is 0 Å². The summed E-state index contributed by atoms with van der Waals surface area (Å²) in [5, 5.41) is 22.1. The van der Waals surface area contributed by atoms with Gasteiger partial charge in [-0.05, 0) is 18.6 Å². The van der Waals surface area contributed by atoms with E-state index in [0.29, 0.717) is 16.3 Å². The highest BCUT2D eigenvalue weighted by Crippen LogP contribution is 2.41. The van der Waals surface area contributed by atoms with Crippen LogP contribution in [0.15, 0.2) is 46.8 Å². The van der Waals surface area contributed by atoms with Gasteiger partial charge in [-0.1, -0.05) is 29.8 Å². The van der Waals surface area contributed by atoms with Crippen molar-refractivity contribution in [2.45, 2.75) is 12.8 Å². The first kappa shape index (κ1) is 16.4. The number of alkyl halides is 1. The van der Waals surface area contributed by atoms with Crippen molar-refractivity contribution in [2.75, 3.05) is 5.88 Å². The van der Waals surface area contributed by atoms with Crippen LogP contribution in [0.1, 0.15) is 18.4 Å². The van der Waals surface area contributed by atoms with Crippen LogP contribution in [0.25, 0.3) is 0 Å². The van der Waals surface area contributed by atoms with E-state index in [4.69, 9.17) is 23.2 Å². The fourth-order valence-corrected chi connectivity index (χ4v) is 3.01. The Kier molecular flexibility index (Phi) is 4.78. The van der Waals surface area contributed by atoms with Gasteiger partial charge in [0, 0.05) is 16.4 Å². The fourth-order valence-electron chi connectivity index (χ4n) is 2.56. The van der Waals surface area contributed by atoms with Gasteiger partial charge in [0.05, 0.1) is 22.9 Å². The molecular formula is C15H13Cl2NO4. The minimum absolute atomic E-state index is 0.0561. The van der Waals surface area contributed by atoms with Crippen molar-refractivity contribution >= 4 is 35.1 Å². The lowest BCUT2D eigenvalue weighted by molar-refractivity contribution is -0.133. The summed E-state index contributed by atoms with van der Waals surface area (Å²) >= 11 is 12.0. The van der Waals surface area contributed by atoms with Gasteiger partial charge in [0.2, 0.25) is 0 Å². The van der Waals surface area contributed by atoms with Gasteiger partial charge in [-0.25, -0.2) is 9.59 Å². The predicted molar refractivity (Wildman–Crippen MR) is 83.0 cm³/mol. The first-order chi connectivity index (χ1) is 10.4. The molecule has 116 valence electrons. The Morgan fingerprint density at radius 3 is 2.27 bits per heavy atom. The number of carboxylic acid groups (broad SMARTS) is 2. The molecule has 1 aliphatic rings. The van der Waals surface area contributed by atoms with Gasteiger partial charge in [0.1, 0.15) is 0 Å². The Hall–Kier alpha value is -1.98. The van der Waals surface area contributed by atoms with E-state index in [9.17, 15) is 19.8 Å². The van der Waals surface area contributed by atoms with E-state index in [1.54, 1.807) is 31.2 Å². The highest BCUT2D eigenvalue weighted by atomic mass is 35.5. The maximum absolute atomic E-state index is 11.7. The summed E-state index contributed by atoms with van der Waals surface area (Å²) in [5.74, 6) is -3.51. The second-order valence-electron chi connectivity index (χ2n) is 4.75. The van der Waals surface area contributed by atoms with Crippen molar-refractivity contribution in [1.29, 1.82) is 0 Å². The highest BCUT2D eigenvalue weighted by molar-refractivity contribution is 6.31. The van der Waals surface area contributed by atoms with E-state index in [-0.39, 0.29) is 22.7 Å². The third-order valence-corrected chi connectivity index (χ3v) is 4.07. The van der Waals surface area contributed by atoms with Gasteiger partial charge in [0.25, 0.3) is 0 Å². The average Bonchev–Trinajstić information content (AvgIpc) is 2.45. The number of nitrogens with one attached hydrogen (secondary N) is 1. The average molecular weight is 342 g/mol. The van der Waals surface area contributed by atoms with Gasteiger partial charge >= 0.3 is 11.9 Å². The Labute approximate surface area is 136 Å². The molecule has 1 atom stereocenters. The van der Waals surface area contributed by atoms with Gasteiger partial charge in [0.15, 0.2) is 0 Å². The molecule has 0 spiro atoms. The minimum Gasteiger partial charge on any atom is -0.478 e. The summed E-state index contributed by atoms with van der Waals surface area (Å²) in [6.07, 6.45) is 0. The molecule has 1 aromatic rings. The second kappa shape index (κ2) is 6.42. The Bertz CT molecular complexity index is 709. The van der Waals surface area contributed by atoms with Crippen molar-refractivity contribution in [2.24, 2.45) is 0 Å². The second-order valence-corrected chi connectivity index (χ2v) is 5.43.